The molecule has 0 unspecified atom stereocenters. The Balaban J connectivity index is 2.30. The van der Waals surface area contributed by atoms with Gasteiger partial charge in [0, 0.05) is 14.1 Å². The van der Waals surface area contributed by atoms with Crippen molar-refractivity contribution < 1.29 is 0 Å². The molecule has 1 N–H and O–H groups in total. The molecule has 0 bridgehead atoms. The van der Waals surface area contributed by atoms with Crippen molar-refractivity contribution in [1.82, 2.24) is 9.97 Å². The molecule has 0 saturated heterocycles. The molecule has 2 aromatic rings. The monoisotopic (exact) mass is 217 g/mol. The maximum Gasteiger partial charge on any atom is 0.203 e. The predicted molar refractivity (Wildman–Crippen MR) is 69.0 cm³/mol. The van der Waals surface area contributed by atoms with Crippen LogP contribution in [0.2, 0.25) is 0 Å². The number of H-pyrrole nitrogens is 1. The Kier molecular flexibility index (Phi) is 3.13. The van der Waals surface area contributed by atoms with Crippen molar-refractivity contribution in [3.8, 4) is 0 Å². The Labute approximate surface area is 96.5 Å². The van der Waals surface area contributed by atoms with E-state index in [9.17, 15) is 0 Å². The fourth-order valence-electron chi connectivity index (χ4n) is 1.79. The highest BCUT2D eigenvalue weighted by atomic mass is 15.2. The molecule has 1 aromatic carbocycles. The van der Waals surface area contributed by atoms with Crippen molar-refractivity contribution in [3.05, 3.63) is 23.8 Å². The number of benzene rings is 1. The summed E-state index contributed by atoms with van der Waals surface area (Å²) in [7, 11) is 3.99. The minimum absolute atomic E-state index is 0.919. The number of unbranched alkanes of at least 4 members (excludes halogenated alkanes) is 1. The van der Waals surface area contributed by atoms with Crippen molar-refractivity contribution in [2.24, 2.45) is 0 Å². The summed E-state index contributed by atoms with van der Waals surface area (Å²) in [4.78, 5) is 9.82. The van der Waals surface area contributed by atoms with E-state index in [1.807, 2.05) is 19.0 Å². The van der Waals surface area contributed by atoms with Crippen LogP contribution in [0.25, 0.3) is 11.0 Å². The van der Waals surface area contributed by atoms with Gasteiger partial charge in [0.1, 0.15) is 0 Å². The number of fused-ring (bicyclic) bond motifs is 1. The second-order valence-electron chi connectivity index (χ2n) is 4.41. The molecule has 3 heteroatoms. The molecule has 86 valence electrons. The van der Waals surface area contributed by atoms with Crippen LogP contribution in [0.4, 0.5) is 5.95 Å². The van der Waals surface area contributed by atoms with Crippen LogP contribution in [0.1, 0.15) is 25.3 Å². The molecule has 1 heterocycles. The summed E-state index contributed by atoms with van der Waals surface area (Å²) in [6.07, 6.45) is 3.65. The first-order valence-corrected chi connectivity index (χ1v) is 5.86. The van der Waals surface area contributed by atoms with Gasteiger partial charge < -0.3 is 9.88 Å². The second kappa shape index (κ2) is 4.56. The van der Waals surface area contributed by atoms with Crippen molar-refractivity contribution in [3.63, 3.8) is 0 Å². The third kappa shape index (κ3) is 2.18. The quantitative estimate of drug-likeness (QED) is 0.853. The highest BCUT2D eigenvalue weighted by Gasteiger charge is 2.04. The van der Waals surface area contributed by atoms with Gasteiger partial charge in [-0.15, -0.1) is 0 Å². The Morgan fingerprint density at radius 1 is 1.31 bits per heavy atom. The number of anilines is 1. The number of aromatic nitrogens is 2. The normalized spacial score (nSPS) is 10.9. The van der Waals surface area contributed by atoms with E-state index >= 15 is 0 Å². The molecule has 2 rings (SSSR count). The minimum Gasteiger partial charge on any atom is -0.349 e. The number of hydrogen-bond donors (Lipinski definition) is 1. The molecule has 0 spiro atoms. The van der Waals surface area contributed by atoms with Crippen molar-refractivity contribution in [2.75, 3.05) is 19.0 Å². The molecule has 0 atom stereocenters. The molecular weight excluding hydrogens is 198 g/mol. The zero-order chi connectivity index (χ0) is 11.5. The molecule has 16 heavy (non-hydrogen) atoms. The number of nitrogens with zero attached hydrogens (tertiary/aromatic N) is 2. The Hall–Kier alpha value is -1.51. The highest BCUT2D eigenvalue weighted by Crippen LogP contribution is 2.18. The summed E-state index contributed by atoms with van der Waals surface area (Å²) in [5.41, 5.74) is 3.57. The maximum absolute atomic E-state index is 4.50. The molecule has 0 aliphatic carbocycles. The zero-order valence-corrected chi connectivity index (χ0v) is 10.2. The lowest BCUT2D eigenvalue weighted by atomic mass is 10.1. The zero-order valence-electron chi connectivity index (χ0n) is 10.2. The average Bonchev–Trinajstić information content (AvgIpc) is 2.69. The summed E-state index contributed by atoms with van der Waals surface area (Å²) < 4.78 is 0. The second-order valence-corrected chi connectivity index (χ2v) is 4.41. The Bertz CT molecular complexity index is 471. The van der Waals surface area contributed by atoms with Crippen LogP contribution in [0.5, 0.6) is 0 Å². The first-order chi connectivity index (χ1) is 7.70. The molecule has 1 aromatic heterocycles. The lowest BCUT2D eigenvalue weighted by molar-refractivity contribution is 0.796. The van der Waals surface area contributed by atoms with Crippen molar-refractivity contribution in [2.45, 2.75) is 26.2 Å². The average molecular weight is 217 g/mol. The van der Waals surface area contributed by atoms with Gasteiger partial charge in [-0.2, -0.15) is 0 Å². The summed E-state index contributed by atoms with van der Waals surface area (Å²) in [5, 5.41) is 0. The van der Waals surface area contributed by atoms with E-state index in [0.29, 0.717) is 0 Å². The van der Waals surface area contributed by atoms with Crippen LogP contribution in [0.3, 0.4) is 0 Å². The molecule has 0 amide bonds. The van der Waals surface area contributed by atoms with Gasteiger partial charge >= 0.3 is 0 Å². The van der Waals surface area contributed by atoms with Crippen LogP contribution < -0.4 is 4.90 Å². The summed E-state index contributed by atoms with van der Waals surface area (Å²) in [6, 6.07) is 6.49. The molecule has 3 nitrogen and oxygen atoms in total. The van der Waals surface area contributed by atoms with E-state index in [-0.39, 0.29) is 0 Å². The third-order valence-electron chi connectivity index (χ3n) is 2.78. The van der Waals surface area contributed by atoms with E-state index in [1.165, 1.54) is 18.4 Å². The minimum atomic E-state index is 0.919. The molecule has 0 fully saturated rings. The van der Waals surface area contributed by atoms with Gasteiger partial charge in [-0.1, -0.05) is 19.4 Å². The van der Waals surface area contributed by atoms with Gasteiger partial charge in [0.05, 0.1) is 11.0 Å². The fraction of sp³-hybridized carbons (Fsp3) is 0.462. The van der Waals surface area contributed by atoms with Gasteiger partial charge in [0.15, 0.2) is 0 Å². The standard InChI is InChI=1S/C13H19N3/c1-4-5-6-10-7-8-11-12(9-10)15-13(14-11)16(2)3/h7-9H,4-6H2,1-3H3,(H,14,15). The van der Waals surface area contributed by atoms with E-state index in [4.69, 9.17) is 0 Å². The van der Waals surface area contributed by atoms with E-state index in [2.05, 4.69) is 35.1 Å². The van der Waals surface area contributed by atoms with Crippen molar-refractivity contribution >= 4 is 17.0 Å². The van der Waals surface area contributed by atoms with Gasteiger partial charge in [-0.05, 0) is 30.5 Å². The third-order valence-corrected chi connectivity index (χ3v) is 2.78. The van der Waals surface area contributed by atoms with Crippen LogP contribution in [-0.4, -0.2) is 24.1 Å². The van der Waals surface area contributed by atoms with Gasteiger partial charge in [-0.25, -0.2) is 4.98 Å². The number of hydrogen-bond acceptors (Lipinski definition) is 2. The fourth-order valence-corrected chi connectivity index (χ4v) is 1.79. The molecule has 0 radical (unpaired) electrons. The number of rotatable bonds is 4. The highest BCUT2D eigenvalue weighted by molar-refractivity contribution is 5.78. The molecule has 0 saturated carbocycles. The largest absolute Gasteiger partial charge is 0.349 e. The summed E-state index contributed by atoms with van der Waals surface area (Å²) in [5.74, 6) is 0.919. The van der Waals surface area contributed by atoms with E-state index in [1.54, 1.807) is 0 Å². The first kappa shape index (κ1) is 11.0. The Morgan fingerprint density at radius 3 is 2.81 bits per heavy atom. The summed E-state index contributed by atoms with van der Waals surface area (Å²) >= 11 is 0. The first-order valence-electron chi connectivity index (χ1n) is 5.86. The van der Waals surface area contributed by atoms with Crippen LogP contribution >= 0.6 is 0 Å². The predicted octanol–water partition coefficient (Wildman–Crippen LogP) is 2.97. The smallest absolute Gasteiger partial charge is 0.203 e. The topological polar surface area (TPSA) is 31.9 Å². The van der Waals surface area contributed by atoms with Crippen LogP contribution in [0, 0.1) is 0 Å². The lowest BCUT2D eigenvalue weighted by Gasteiger charge is -2.05. The van der Waals surface area contributed by atoms with Crippen LogP contribution in [0.15, 0.2) is 18.2 Å². The van der Waals surface area contributed by atoms with Gasteiger partial charge in [0.2, 0.25) is 5.95 Å². The number of aromatic amines is 1. The Morgan fingerprint density at radius 2 is 2.12 bits per heavy atom. The van der Waals surface area contributed by atoms with Crippen molar-refractivity contribution in [1.29, 1.82) is 0 Å². The molecule has 0 aliphatic heterocycles. The van der Waals surface area contributed by atoms with E-state index in [0.717, 1.165) is 23.4 Å². The molecular formula is C13H19N3. The lowest BCUT2D eigenvalue weighted by Crippen LogP contribution is -2.09. The SMILES string of the molecule is CCCCc1ccc2nc(N(C)C)[nH]c2c1. The maximum atomic E-state index is 4.50. The number of aryl methyl sites for hydroxylation is 1. The summed E-state index contributed by atoms with van der Waals surface area (Å²) in [6.45, 7) is 2.22. The van der Waals surface area contributed by atoms with Crippen LogP contribution in [-0.2, 0) is 6.42 Å². The molecule has 0 aliphatic rings. The number of imidazole rings is 1. The van der Waals surface area contributed by atoms with Gasteiger partial charge in [0.25, 0.3) is 0 Å². The van der Waals surface area contributed by atoms with Gasteiger partial charge in [-0.3, -0.25) is 0 Å². The number of nitrogens with one attached hydrogen (secondary N) is 1. The van der Waals surface area contributed by atoms with E-state index < -0.39 is 0 Å².